The number of hydrogen-bond donors (Lipinski definition) is 0. The van der Waals surface area contributed by atoms with Crippen LogP contribution >= 0.6 is 34.7 Å². The number of hydrogen-bond acceptors (Lipinski definition) is 7. The number of morpholine rings is 1. The minimum absolute atomic E-state index is 0.129. The van der Waals surface area contributed by atoms with Gasteiger partial charge in [-0.15, -0.1) is 11.8 Å². The van der Waals surface area contributed by atoms with Gasteiger partial charge >= 0.3 is 0 Å². The fraction of sp³-hybridized carbons (Fsp3) is 0.440. The molecule has 1 aliphatic heterocycles. The molecule has 34 heavy (non-hydrogen) atoms. The first-order valence-electron chi connectivity index (χ1n) is 11.6. The number of carbonyl (C=O) groups excluding carboxylic acids is 1. The molecule has 1 aliphatic rings. The van der Waals surface area contributed by atoms with Crippen LogP contribution in [0.4, 0.5) is 5.13 Å². The summed E-state index contributed by atoms with van der Waals surface area (Å²) in [6.45, 7) is 5.10. The Hall–Kier alpha value is -1.84. The number of benzene rings is 2. The van der Waals surface area contributed by atoms with Gasteiger partial charge in [-0.05, 0) is 61.1 Å². The van der Waals surface area contributed by atoms with Gasteiger partial charge in [0.1, 0.15) is 5.75 Å². The lowest BCUT2D eigenvalue weighted by Crippen LogP contribution is -2.39. The molecule has 1 amide bonds. The fourth-order valence-corrected chi connectivity index (χ4v) is 5.83. The Labute approximate surface area is 214 Å². The van der Waals surface area contributed by atoms with Crippen LogP contribution in [-0.4, -0.2) is 68.0 Å². The third kappa shape index (κ3) is 7.09. The van der Waals surface area contributed by atoms with Crippen molar-refractivity contribution < 1.29 is 14.3 Å². The summed E-state index contributed by atoms with van der Waals surface area (Å²) in [4.78, 5) is 23.5. The van der Waals surface area contributed by atoms with E-state index in [1.165, 1.54) is 4.90 Å². The summed E-state index contributed by atoms with van der Waals surface area (Å²) >= 11 is 9.26. The number of nitrogens with zero attached hydrogens (tertiary/aromatic N) is 3. The zero-order chi connectivity index (χ0) is 23.8. The number of ether oxygens (including phenoxy) is 2. The Balaban J connectivity index is 1.38. The molecule has 0 radical (unpaired) electrons. The minimum Gasteiger partial charge on any atom is -0.497 e. The van der Waals surface area contributed by atoms with Gasteiger partial charge in [0.15, 0.2) is 5.13 Å². The number of rotatable bonds is 11. The van der Waals surface area contributed by atoms with E-state index in [0.717, 1.165) is 77.6 Å². The predicted molar refractivity (Wildman–Crippen MR) is 142 cm³/mol. The molecule has 6 nitrogen and oxygen atoms in total. The predicted octanol–water partition coefficient (Wildman–Crippen LogP) is 5.59. The van der Waals surface area contributed by atoms with E-state index in [9.17, 15) is 4.79 Å². The Bertz CT molecular complexity index is 1070. The van der Waals surface area contributed by atoms with E-state index in [4.69, 9.17) is 26.1 Å². The highest BCUT2D eigenvalue weighted by Gasteiger charge is 2.20. The van der Waals surface area contributed by atoms with Crippen molar-refractivity contribution in [1.29, 1.82) is 0 Å². The summed E-state index contributed by atoms with van der Waals surface area (Å²) < 4.78 is 11.8. The van der Waals surface area contributed by atoms with Crippen molar-refractivity contribution in [1.82, 2.24) is 9.88 Å². The Morgan fingerprint density at radius 3 is 2.76 bits per heavy atom. The summed E-state index contributed by atoms with van der Waals surface area (Å²) in [6.07, 6.45) is 2.21. The molecule has 1 saturated heterocycles. The van der Waals surface area contributed by atoms with Gasteiger partial charge in [-0.3, -0.25) is 14.6 Å². The van der Waals surface area contributed by atoms with Gasteiger partial charge in [-0.1, -0.05) is 22.9 Å². The average Bonchev–Trinajstić information content (AvgIpc) is 3.29. The fourth-order valence-electron chi connectivity index (χ4n) is 3.82. The lowest BCUT2D eigenvalue weighted by Gasteiger charge is -2.27. The number of carbonyl (C=O) groups is 1. The first kappa shape index (κ1) is 25.3. The summed E-state index contributed by atoms with van der Waals surface area (Å²) in [6, 6.07) is 13.7. The van der Waals surface area contributed by atoms with Crippen LogP contribution in [0.1, 0.15) is 19.3 Å². The zero-order valence-corrected chi connectivity index (χ0v) is 21.8. The van der Waals surface area contributed by atoms with Gasteiger partial charge in [-0.2, -0.15) is 0 Å². The number of aromatic nitrogens is 1. The van der Waals surface area contributed by atoms with Crippen LogP contribution in [0.3, 0.4) is 0 Å². The molecule has 3 aromatic rings. The average molecular weight is 520 g/mol. The van der Waals surface area contributed by atoms with Crippen molar-refractivity contribution in [3.8, 4) is 5.75 Å². The molecular weight excluding hydrogens is 490 g/mol. The number of amides is 1. The van der Waals surface area contributed by atoms with Crippen LogP contribution in [-0.2, 0) is 9.53 Å². The third-order valence-electron chi connectivity index (χ3n) is 5.69. The first-order chi connectivity index (χ1) is 16.6. The maximum Gasteiger partial charge on any atom is 0.228 e. The van der Waals surface area contributed by atoms with Crippen LogP contribution in [0.15, 0.2) is 47.4 Å². The van der Waals surface area contributed by atoms with Crippen LogP contribution in [0.25, 0.3) is 10.2 Å². The molecule has 0 bridgehead atoms. The van der Waals surface area contributed by atoms with Crippen LogP contribution in [0, 0.1) is 0 Å². The number of halogens is 1. The highest BCUT2D eigenvalue weighted by Crippen LogP contribution is 2.32. The SMILES string of the molecule is COc1ccc2nc(N(CCCN3CCOCC3)C(=O)CCCSc3ccc(Cl)cc3)sc2c1. The van der Waals surface area contributed by atoms with E-state index >= 15 is 0 Å². The van der Waals surface area contributed by atoms with Gasteiger partial charge in [-0.25, -0.2) is 4.98 Å². The molecule has 0 aliphatic carbocycles. The van der Waals surface area contributed by atoms with Crippen LogP contribution in [0.2, 0.25) is 5.02 Å². The quantitative estimate of drug-likeness (QED) is 0.243. The number of thiazole rings is 1. The van der Waals surface area contributed by atoms with E-state index < -0.39 is 0 Å². The van der Waals surface area contributed by atoms with Gasteiger partial charge in [0.25, 0.3) is 0 Å². The van der Waals surface area contributed by atoms with Gasteiger partial charge in [0, 0.05) is 42.5 Å². The van der Waals surface area contributed by atoms with Crippen molar-refractivity contribution in [2.24, 2.45) is 0 Å². The maximum absolute atomic E-state index is 13.3. The molecule has 0 N–H and O–H groups in total. The van der Waals surface area contributed by atoms with Crippen molar-refractivity contribution in [2.75, 3.05) is 57.2 Å². The number of thioether (sulfide) groups is 1. The molecule has 0 spiro atoms. The standard InChI is InChI=1S/C25H30ClN3O3S2/c1-31-20-7-10-22-23(18-20)34-25(27-22)29(12-3-11-28-13-15-32-16-14-28)24(30)4-2-17-33-21-8-5-19(26)6-9-21/h5-10,18H,2-4,11-17H2,1H3. The third-order valence-corrected chi connectivity index (χ3v) is 8.08. The highest BCUT2D eigenvalue weighted by molar-refractivity contribution is 7.99. The molecule has 1 aromatic heterocycles. The van der Waals surface area contributed by atoms with Gasteiger partial charge in [0.05, 0.1) is 30.5 Å². The first-order valence-corrected chi connectivity index (χ1v) is 13.7. The highest BCUT2D eigenvalue weighted by atomic mass is 35.5. The van der Waals surface area contributed by atoms with E-state index in [1.807, 2.05) is 47.4 Å². The van der Waals surface area contributed by atoms with Gasteiger partial charge in [0.2, 0.25) is 5.91 Å². The van der Waals surface area contributed by atoms with Crippen LogP contribution in [0.5, 0.6) is 5.75 Å². The van der Waals surface area contributed by atoms with Crippen molar-refractivity contribution in [2.45, 2.75) is 24.2 Å². The minimum atomic E-state index is 0.129. The molecule has 4 rings (SSSR count). The lowest BCUT2D eigenvalue weighted by atomic mass is 10.2. The monoisotopic (exact) mass is 519 g/mol. The topological polar surface area (TPSA) is 54.9 Å². The van der Waals surface area contributed by atoms with Crippen molar-refractivity contribution >= 4 is 56.0 Å². The molecule has 2 heterocycles. The molecule has 182 valence electrons. The molecule has 0 unspecified atom stereocenters. The van der Waals surface area contributed by atoms with Crippen molar-refractivity contribution in [3.05, 3.63) is 47.5 Å². The second-order valence-corrected chi connectivity index (χ2v) is 10.7. The number of methoxy groups -OCH3 is 1. The summed E-state index contributed by atoms with van der Waals surface area (Å²) in [5, 5.41) is 1.50. The second-order valence-electron chi connectivity index (χ2n) is 8.09. The normalized spacial score (nSPS) is 14.4. The molecule has 9 heteroatoms. The van der Waals surface area contributed by atoms with Crippen molar-refractivity contribution in [3.63, 3.8) is 0 Å². The molecule has 0 atom stereocenters. The Morgan fingerprint density at radius 1 is 1.21 bits per heavy atom. The number of fused-ring (bicyclic) bond motifs is 1. The van der Waals surface area contributed by atoms with E-state index in [-0.39, 0.29) is 5.91 Å². The lowest BCUT2D eigenvalue weighted by molar-refractivity contribution is -0.118. The Morgan fingerprint density at radius 2 is 2.00 bits per heavy atom. The zero-order valence-electron chi connectivity index (χ0n) is 19.4. The molecule has 1 fully saturated rings. The smallest absolute Gasteiger partial charge is 0.228 e. The second kappa shape index (κ2) is 12.7. The summed E-state index contributed by atoms with van der Waals surface area (Å²) in [5.41, 5.74) is 0.894. The maximum atomic E-state index is 13.3. The Kier molecular flexibility index (Phi) is 9.47. The van der Waals surface area contributed by atoms with E-state index in [1.54, 1.807) is 30.2 Å². The largest absolute Gasteiger partial charge is 0.497 e. The van der Waals surface area contributed by atoms with Crippen LogP contribution < -0.4 is 9.64 Å². The molecular formula is C25H30ClN3O3S2. The summed E-state index contributed by atoms with van der Waals surface area (Å²) in [7, 11) is 1.66. The van der Waals surface area contributed by atoms with E-state index in [0.29, 0.717) is 13.0 Å². The summed E-state index contributed by atoms with van der Waals surface area (Å²) in [5.74, 6) is 1.81. The number of anilines is 1. The molecule has 2 aromatic carbocycles. The van der Waals surface area contributed by atoms with E-state index in [2.05, 4.69) is 4.90 Å². The molecule has 0 saturated carbocycles. The van der Waals surface area contributed by atoms with Gasteiger partial charge < -0.3 is 9.47 Å².